The molecule has 0 radical (unpaired) electrons. The Labute approximate surface area is 190 Å². The number of benzene rings is 2. The fraction of sp³-hybridized carbons (Fsp3) is 0.292. The molecule has 0 spiro atoms. The Hall–Kier alpha value is -3.39. The van der Waals surface area contributed by atoms with Gasteiger partial charge in [-0.15, -0.1) is 11.3 Å². The molecule has 3 N–H and O–H groups in total. The van der Waals surface area contributed by atoms with Crippen molar-refractivity contribution in [1.82, 2.24) is 10.3 Å². The zero-order valence-electron chi connectivity index (χ0n) is 17.5. The number of ether oxygens (including phenoxy) is 2. The molecule has 4 rings (SSSR count). The van der Waals surface area contributed by atoms with Crippen LogP contribution in [0.1, 0.15) is 28.0 Å². The van der Waals surface area contributed by atoms with E-state index in [1.54, 1.807) is 11.3 Å². The van der Waals surface area contributed by atoms with Crippen molar-refractivity contribution in [3.63, 3.8) is 0 Å². The molecule has 166 valence electrons. The maximum Gasteiger partial charge on any atom is 0.407 e. The molecule has 1 aliphatic rings. The van der Waals surface area contributed by atoms with E-state index >= 15 is 0 Å². The summed E-state index contributed by atoms with van der Waals surface area (Å²) in [5.74, 6) is 0. The first kappa shape index (κ1) is 21.8. The van der Waals surface area contributed by atoms with Crippen molar-refractivity contribution in [3.05, 3.63) is 87.9 Å². The first-order valence-electron chi connectivity index (χ1n) is 10.5. The van der Waals surface area contributed by atoms with Gasteiger partial charge in [-0.1, -0.05) is 54.6 Å². The van der Waals surface area contributed by atoms with E-state index in [0.717, 1.165) is 23.1 Å². The first-order chi connectivity index (χ1) is 15.5. The number of cyclic esters (lactones) is 1. The summed E-state index contributed by atoms with van der Waals surface area (Å²) in [6, 6.07) is 17.9. The van der Waals surface area contributed by atoms with Crippen LogP contribution < -0.4 is 11.1 Å². The minimum Gasteiger partial charge on any atom is -0.442 e. The van der Waals surface area contributed by atoms with Crippen LogP contribution in [0, 0.1) is 0 Å². The van der Waals surface area contributed by atoms with Gasteiger partial charge in [0.15, 0.2) is 0 Å². The van der Waals surface area contributed by atoms with Crippen LogP contribution in [0.25, 0.3) is 0 Å². The van der Waals surface area contributed by atoms with Crippen LogP contribution in [-0.4, -0.2) is 35.4 Å². The second kappa shape index (κ2) is 10.3. The van der Waals surface area contributed by atoms with E-state index < -0.39 is 24.4 Å². The lowest BCUT2D eigenvalue weighted by Gasteiger charge is -2.34. The van der Waals surface area contributed by atoms with Gasteiger partial charge < -0.3 is 20.5 Å². The van der Waals surface area contributed by atoms with Crippen molar-refractivity contribution in [2.24, 2.45) is 5.73 Å². The van der Waals surface area contributed by atoms with Gasteiger partial charge in [0.2, 0.25) is 0 Å². The number of aromatic nitrogens is 1. The molecular weight excluding hydrogens is 426 g/mol. The number of hydrogen-bond acceptors (Lipinski definition) is 6. The number of amides is 2. The summed E-state index contributed by atoms with van der Waals surface area (Å²) in [6.07, 6.45) is 1.56. The van der Waals surface area contributed by atoms with Gasteiger partial charge in [-0.2, -0.15) is 0 Å². The number of nitrogens with one attached hydrogen (secondary N) is 1. The molecule has 2 heterocycles. The Kier molecular flexibility index (Phi) is 7.01. The molecule has 1 aromatic heterocycles. The third-order valence-electron chi connectivity index (χ3n) is 5.39. The quantitative estimate of drug-likeness (QED) is 0.541. The van der Waals surface area contributed by atoms with Crippen LogP contribution in [0.15, 0.2) is 66.3 Å². The molecule has 7 nitrogen and oxygen atoms in total. The lowest BCUT2D eigenvalue weighted by molar-refractivity contribution is -0.0289. The van der Waals surface area contributed by atoms with Gasteiger partial charge in [0.05, 0.1) is 5.51 Å². The molecule has 3 atom stereocenters. The third-order valence-corrected chi connectivity index (χ3v) is 6.17. The van der Waals surface area contributed by atoms with Crippen molar-refractivity contribution in [1.29, 1.82) is 0 Å². The molecular formula is C24H25N3O4S. The Morgan fingerprint density at radius 1 is 1.19 bits per heavy atom. The molecule has 0 bridgehead atoms. The number of alkyl carbamates (subject to hydrolysis) is 1. The van der Waals surface area contributed by atoms with E-state index in [1.807, 2.05) is 60.2 Å². The minimum atomic E-state index is -0.884. The van der Waals surface area contributed by atoms with Crippen molar-refractivity contribution in [2.75, 3.05) is 0 Å². The van der Waals surface area contributed by atoms with Gasteiger partial charge in [-0.05, 0) is 23.1 Å². The molecule has 1 aliphatic heterocycles. The predicted molar refractivity (Wildman–Crippen MR) is 121 cm³/mol. The van der Waals surface area contributed by atoms with E-state index in [0.29, 0.717) is 19.3 Å². The number of primary amides is 1. The molecule has 8 heteroatoms. The number of nitrogens with zero attached hydrogens (tertiary/aromatic N) is 1. The summed E-state index contributed by atoms with van der Waals surface area (Å²) in [4.78, 5) is 29.1. The Balaban J connectivity index is 1.47. The number of rotatable bonds is 8. The standard InChI is InChI=1S/C24H25N3O4S/c25-23(28)30-21(12-18-8-4-7-17(9-18)11-20-14-26-15-32-20)22-13-19(27-24(29)31-22)10-16-5-2-1-3-6-16/h1-9,14-15,19,21-22H,10-13H2,(H2,25,28)(H,27,29)/t19-,21-,22-/m0/s1. The fourth-order valence-electron chi connectivity index (χ4n) is 4.01. The second-order valence-electron chi connectivity index (χ2n) is 7.85. The smallest absolute Gasteiger partial charge is 0.407 e. The molecule has 0 saturated carbocycles. The average Bonchev–Trinajstić information content (AvgIpc) is 3.27. The van der Waals surface area contributed by atoms with Crippen LogP contribution >= 0.6 is 11.3 Å². The summed E-state index contributed by atoms with van der Waals surface area (Å²) in [5.41, 5.74) is 10.4. The largest absolute Gasteiger partial charge is 0.442 e. The summed E-state index contributed by atoms with van der Waals surface area (Å²) in [6.45, 7) is 0. The number of carbonyl (C=O) groups is 2. The molecule has 3 aromatic rings. The molecule has 2 aromatic carbocycles. The monoisotopic (exact) mass is 451 g/mol. The topological polar surface area (TPSA) is 104 Å². The third kappa shape index (κ3) is 6.07. The maximum atomic E-state index is 12.2. The van der Waals surface area contributed by atoms with E-state index in [2.05, 4.69) is 16.4 Å². The zero-order valence-corrected chi connectivity index (χ0v) is 18.3. The highest BCUT2D eigenvalue weighted by Crippen LogP contribution is 2.23. The second-order valence-corrected chi connectivity index (χ2v) is 8.83. The molecule has 0 aliphatic carbocycles. The van der Waals surface area contributed by atoms with E-state index in [9.17, 15) is 9.59 Å². The number of carbonyl (C=O) groups excluding carboxylic acids is 2. The van der Waals surface area contributed by atoms with E-state index in [4.69, 9.17) is 15.2 Å². The van der Waals surface area contributed by atoms with Gasteiger partial charge in [0.1, 0.15) is 12.2 Å². The number of nitrogens with two attached hydrogens (primary N) is 1. The minimum absolute atomic E-state index is 0.125. The Bertz CT molecular complexity index is 1040. The van der Waals surface area contributed by atoms with Gasteiger partial charge in [-0.3, -0.25) is 4.98 Å². The molecule has 32 heavy (non-hydrogen) atoms. The predicted octanol–water partition coefficient (Wildman–Crippen LogP) is 3.85. The summed E-state index contributed by atoms with van der Waals surface area (Å²) in [5, 5.41) is 2.86. The first-order valence-corrected chi connectivity index (χ1v) is 11.4. The van der Waals surface area contributed by atoms with Gasteiger partial charge in [0.25, 0.3) is 0 Å². The lowest BCUT2D eigenvalue weighted by atomic mass is 9.93. The Morgan fingerprint density at radius 3 is 2.72 bits per heavy atom. The molecule has 2 amide bonds. The van der Waals surface area contributed by atoms with Gasteiger partial charge >= 0.3 is 12.2 Å². The highest BCUT2D eigenvalue weighted by atomic mass is 32.1. The van der Waals surface area contributed by atoms with E-state index in [-0.39, 0.29) is 6.04 Å². The van der Waals surface area contributed by atoms with Crippen molar-refractivity contribution in [2.45, 2.75) is 43.9 Å². The van der Waals surface area contributed by atoms with Crippen LogP contribution in [-0.2, 0) is 28.7 Å². The normalized spacial score (nSPS) is 18.9. The SMILES string of the molecule is NC(=O)O[C@@H](Cc1cccc(Cc2cncs2)c1)[C@@H]1C[C@H](Cc2ccccc2)NC(=O)O1. The number of hydrogen-bond donors (Lipinski definition) is 2. The summed E-state index contributed by atoms with van der Waals surface area (Å²) in [7, 11) is 0. The van der Waals surface area contributed by atoms with Crippen LogP contribution in [0.3, 0.4) is 0 Å². The highest BCUT2D eigenvalue weighted by Gasteiger charge is 2.35. The van der Waals surface area contributed by atoms with E-state index in [1.165, 1.54) is 4.88 Å². The lowest BCUT2D eigenvalue weighted by Crippen LogP contribution is -2.51. The molecule has 0 unspecified atom stereocenters. The molecule has 1 fully saturated rings. The fourth-order valence-corrected chi connectivity index (χ4v) is 4.64. The van der Waals surface area contributed by atoms with Crippen LogP contribution in [0.5, 0.6) is 0 Å². The summed E-state index contributed by atoms with van der Waals surface area (Å²) < 4.78 is 10.9. The highest BCUT2D eigenvalue weighted by molar-refractivity contribution is 7.09. The summed E-state index contributed by atoms with van der Waals surface area (Å²) >= 11 is 1.61. The van der Waals surface area contributed by atoms with Gasteiger partial charge in [-0.25, -0.2) is 9.59 Å². The van der Waals surface area contributed by atoms with Crippen LogP contribution in [0.2, 0.25) is 0 Å². The van der Waals surface area contributed by atoms with Crippen LogP contribution in [0.4, 0.5) is 9.59 Å². The maximum absolute atomic E-state index is 12.2. The van der Waals surface area contributed by atoms with Gasteiger partial charge in [0, 0.05) is 36.4 Å². The van der Waals surface area contributed by atoms with Crippen molar-refractivity contribution < 1.29 is 19.1 Å². The Morgan fingerprint density at radius 2 is 1.97 bits per heavy atom. The molecule has 1 saturated heterocycles. The zero-order chi connectivity index (χ0) is 22.3. The number of thiazole rings is 1. The van der Waals surface area contributed by atoms with Crippen molar-refractivity contribution >= 4 is 23.5 Å². The average molecular weight is 452 g/mol. The van der Waals surface area contributed by atoms with Crippen molar-refractivity contribution in [3.8, 4) is 0 Å².